The van der Waals surface area contributed by atoms with Crippen LogP contribution >= 0.6 is 11.8 Å². The number of benzene rings is 1. The number of hydrogen-bond donors (Lipinski definition) is 0. The molecule has 0 bridgehead atoms. The molecule has 1 aromatic carbocycles. The molecule has 5 nitrogen and oxygen atoms in total. The third kappa shape index (κ3) is 4.25. The predicted molar refractivity (Wildman–Crippen MR) is 81.3 cm³/mol. The molecule has 0 fully saturated rings. The predicted octanol–water partition coefficient (Wildman–Crippen LogP) is 3.90. The molecule has 23 heavy (non-hydrogen) atoms. The Balaban J connectivity index is 2.35. The minimum absolute atomic E-state index is 0.150. The van der Waals surface area contributed by atoms with Gasteiger partial charge in [-0.15, -0.1) is 11.8 Å². The van der Waals surface area contributed by atoms with Crippen molar-refractivity contribution in [3.63, 3.8) is 0 Å². The quantitative estimate of drug-likeness (QED) is 0.613. The van der Waals surface area contributed by atoms with E-state index in [1.165, 1.54) is 23.9 Å². The number of carbonyl (C=O) groups is 1. The van der Waals surface area contributed by atoms with Crippen LogP contribution in [0, 0.1) is 10.1 Å². The first-order valence-corrected chi connectivity index (χ1v) is 7.55. The summed E-state index contributed by atoms with van der Waals surface area (Å²) in [6.07, 6.45) is -2.56. The van der Waals surface area contributed by atoms with E-state index >= 15 is 0 Å². The molecule has 1 aromatic rings. The van der Waals surface area contributed by atoms with Gasteiger partial charge in [-0.2, -0.15) is 13.2 Å². The first kappa shape index (κ1) is 17.3. The van der Waals surface area contributed by atoms with E-state index < -0.39 is 17.0 Å². The van der Waals surface area contributed by atoms with Crippen molar-refractivity contribution in [1.82, 2.24) is 0 Å². The molecule has 1 aliphatic heterocycles. The summed E-state index contributed by atoms with van der Waals surface area (Å²) in [5.74, 6) is -2.04. The van der Waals surface area contributed by atoms with Crippen molar-refractivity contribution < 1.29 is 22.9 Å². The number of nitrogens with zero attached hydrogens (tertiary/aromatic N) is 2. The number of rotatable bonds is 4. The van der Waals surface area contributed by atoms with Gasteiger partial charge in [-0.05, 0) is 12.5 Å². The lowest BCUT2D eigenvalue weighted by molar-refractivity contribution is -0.384. The van der Waals surface area contributed by atoms with Crippen molar-refractivity contribution in [2.75, 3.05) is 11.4 Å². The van der Waals surface area contributed by atoms with Gasteiger partial charge in [0.05, 0.1) is 17.2 Å². The molecule has 0 saturated carbocycles. The van der Waals surface area contributed by atoms with Gasteiger partial charge in [-0.25, -0.2) is 0 Å². The van der Waals surface area contributed by atoms with Crippen molar-refractivity contribution in [2.45, 2.75) is 24.8 Å². The second-order valence-electron chi connectivity index (χ2n) is 5.00. The molecule has 124 valence electrons. The third-order valence-corrected chi connectivity index (χ3v) is 4.38. The zero-order valence-corrected chi connectivity index (χ0v) is 12.9. The van der Waals surface area contributed by atoms with E-state index in [1.54, 1.807) is 6.08 Å². The Kier molecular flexibility index (Phi) is 4.98. The fraction of sp³-hybridized carbons (Fsp3) is 0.357. The fourth-order valence-corrected chi connectivity index (χ4v) is 3.22. The Morgan fingerprint density at radius 1 is 1.48 bits per heavy atom. The molecular formula is C14H13F3N2O3S. The number of nitro benzene ring substituents is 1. The average molecular weight is 346 g/mol. The maximum atomic E-state index is 12.8. The third-order valence-electron chi connectivity index (χ3n) is 3.18. The normalized spacial score (nSPS) is 17.7. The van der Waals surface area contributed by atoms with E-state index in [0.29, 0.717) is 16.2 Å². The first-order valence-electron chi connectivity index (χ1n) is 6.67. The summed E-state index contributed by atoms with van der Waals surface area (Å²) in [5, 5.41) is 11.0. The van der Waals surface area contributed by atoms with E-state index in [1.807, 2.05) is 6.92 Å². The van der Waals surface area contributed by atoms with Crippen LogP contribution in [-0.4, -0.2) is 28.8 Å². The van der Waals surface area contributed by atoms with Gasteiger partial charge in [0, 0.05) is 22.3 Å². The van der Waals surface area contributed by atoms with Gasteiger partial charge >= 0.3 is 12.1 Å². The minimum atomic E-state index is -5.06. The van der Waals surface area contributed by atoms with Crippen molar-refractivity contribution in [2.24, 2.45) is 0 Å². The first-order chi connectivity index (χ1) is 10.7. The molecule has 1 atom stereocenters. The summed E-state index contributed by atoms with van der Waals surface area (Å²) >= 11 is 1.39. The van der Waals surface area contributed by atoms with Gasteiger partial charge in [0.15, 0.2) is 0 Å². The minimum Gasteiger partial charge on any atom is -0.299 e. The maximum Gasteiger partial charge on any atom is 0.471 e. The molecule has 1 amide bonds. The lowest BCUT2D eigenvalue weighted by Crippen LogP contribution is -2.42. The lowest BCUT2D eigenvalue weighted by atomic mass is 10.2. The standard InChI is InChI=1S/C14H13F3N2O3S/c1-9-5-6-12(23-9)8-18(13(20)14(15,16)17)10-3-2-4-11(7-10)19(21)22/h2-4,6-7,9H,5,8H2,1H3. The highest BCUT2D eigenvalue weighted by Gasteiger charge is 2.43. The molecule has 0 aliphatic carbocycles. The fourth-order valence-electron chi connectivity index (χ4n) is 2.12. The second-order valence-corrected chi connectivity index (χ2v) is 6.57. The molecular weight excluding hydrogens is 333 g/mol. The largest absolute Gasteiger partial charge is 0.471 e. The van der Waals surface area contributed by atoms with Crippen molar-refractivity contribution >= 4 is 29.0 Å². The van der Waals surface area contributed by atoms with Gasteiger partial charge < -0.3 is 0 Å². The lowest BCUT2D eigenvalue weighted by Gasteiger charge is -2.24. The van der Waals surface area contributed by atoms with Crippen molar-refractivity contribution in [3.8, 4) is 0 Å². The molecule has 0 aromatic heterocycles. The number of thioether (sulfide) groups is 1. The van der Waals surface area contributed by atoms with Crippen LogP contribution in [0.15, 0.2) is 35.2 Å². The van der Waals surface area contributed by atoms with Gasteiger partial charge in [0.1, 0.15) is 0 Å². The summed E-state index contributed by atoms with van der Waals surface area (Å²) < 4.78 is 38.5. The number of alkyl halides is 3. The molecule has 2 rings (SSSR count). The molecule has 0 saturated heterocycles. The van der Waals surface area contributed by atoms with E-state index in [0.717, 1.165) is 12.1 Å². The highest BCUT2D eigenvalue weighted by molar-refractivity contribution is 8.03. The summed E-state index contributed by atoms with van der Waals surface area (Å²) in [6.45, 7) is 1.67. The van der Waals surface area contributed by atoms with Crippen LogP contribution < -0.4 is 4.90 Å². The molecule has 0 radical (unpaired) electrons. The average Bonchev–Trinajstić information content (AvgIpc) is 2.88. The molecule has 0 N–H and O–H groups in total. The summed E-state index contributed by atoms with van der Waals surface area (Å²) in [7, 11) is 0. The number of anilines is 1. The maximum absolute atomic E-state index is 12.8. The summed E-state index contributed by atoms with van der Waals surface area (Å²) in [6, 6.07) is 4.63. The SMILES string of the molecule is CC1CC=C(CN(C(=O)C(F)(F)F)c2cccc([N+](=O)[O-])c2)S1. The smallest absolute Gasteiger partial charge is 0.299 e. The van der Waals surface area contributed by atoms with E-state index in [-0.39, 0.29) is 23.2 Å². The van der Waals surface area contributed by atoms with Crippen LogP contribution in [0.2, 0.25) is 0 Å². The Bertz CT molecular complexity index is 661. The second kappa shape index (κ2) is 6.61. The highest BCUT2D eigenvalue weighted by Crippen LogP contribution is 2.35. The van der Waals surface area contributed by atoms with Crippen LogP contribution in [0.4, 0.5) is 24.5 Å². The molecule has 0 spiro atoms. The zero-order valence-electron chi connectivity index (χ0n) is 12.0. The Labute approximate surface area is 134 Å². The van der Waals surface area contributed by atoms with Crippen LogP contribution in [0.25, 0.3) is 0 Å². The van der Waals surface area contributed by atoms with E-state index in [2.05, 4.69) is 0 Å². The molecule has 1 unspecified atom stereocenters. The Morgan fingerprint density at radius 2 is 2.17 bits per heavy atom. The number of non-ortho nitro benzene ring substituents is 1. The molecule has 1 aliphatic rings. The monoisotopic (exact) mass is 346 g/mol. The van der Waals surface area contributed by atoms with Crippen LogP contribution in [0.1, 0.15) is 13.3 Å². The summed E-state index contributed by atoms with van der Waals surface area (Å²) in [5.41, 5.74) is -0.522. The number of amides is 1. The van der Waals surface area contributed by atoms with Gasteiger partial charge in [-0.1, -0.05) is 19.1 Å². The number of nitro groups is 1. The van der Waals surface area contributed by atoms with Gasteiger partial charge in [0.25, 0.3) is 5.69 Å². The topological polar surface area (TPSA) is 63.5 Å². The zero-order chi connectivity index (χ0) is 17.2. The van der Waals surface area contributed by atoms with E-state index in [9.17, 15) is 28.1 Å². The van der Waals surface area contributed by atoms with E-state index in [4.69, 9.17) is 0 Å². The van der Waals surface area contributed by atoms with Gasteiger partial charge in [0.2, 0.25) is 0 Å². The molecule has 9 heteroatoms. The Hall–Kier alpha value is -2.03. The number of allylic oxidation sites excluding steroid dienone is 1. The highest BCUT2D eigenvalue weighted by atomic mass is 32.2. The van der Waals surface area contributed by atoms with Crippen LogP contribution in [0.5, 0.6) is 0 Å². The van der Waals surface area contributed by atoms with Crippen molar-refractivity contribution in [1.29, 1.82) is 0 Å². The molecule has 1 heterocycles. The van der Waals surface area contributed by atoms with Crippen molar-refractivity contribution in [3.05, 3.63) is 45.4 Å². The Morgan fingerprint density at radius 3 is 2.70 bits per heavy atom. The number of hydrogen-bond acceptors (Lipinski definition) is 4. The van der Waals surface area contributed by atoms with Gasteiger partial charge in [-0.3, -0.25) is 19.8 Å². The number of carbonyl (C=O) groups excluding carboxylic acids is 1. The van der Waals surface area contributed by atoms with Crippen LogP contribution in [0.3, 0.4) is 0 Å². The summed E-state index contributed by atoms with van der Waals surface area (Å²) in [4.78, 5) is 23.0. The van der Waals surface area contributed by atoms with Crippen LogP contribution in [-0.2, 0) is 4.79 Å². The number of halogens is 3.